The largest absolute Gasteiger partial charge is 0.462 e. The highest BCUT2D eigenvalue weighted by Gasteiger charge is 2.19. The van der Waals surface area contributed by atoms with Gasteiger partial charge in [-0.2, -0.15) is 0 Å². The van der Waals surface area contributed by atoms with E-state index in [4.69, 9.17) is 14.2 Å². The summed E-state index contributed by atoms with van der Waals surface area (Å²) in [6, 6.07) is 0. The molecule has 67 heavy (non-hydrogen) atoms. The Kier molecular flexibility index (Phi) is 53.3. The highest BCUT2D eigenvalue weighted by atomic mass is 16.6. The van der Waals surface area contributed by atoms with Crippen molar-refractivity contribution >= 4 is 17.9 Å². The van der Waals surface area contributed by atoms with Crippen LogP contribution in [-0.2, 0) is 28.6 Å². The zero-order valence-corrected chi connectivity index (χ0v) is 44.4. The zero-order chi connectivity index (χ0) is 48.6. The lowest BCUT2D eigenvalue weighted by Crippen LogP contribution is -2.30. The standard InChI is InChI=1S/C61H108O6/c1-4-7-10-13-16-19-22-25-27-29-30-32-33-36-39-42-45-48-51-54-60(63)66-57-58(56-65-59(62)53-50-47-44-41-38-35-24-21-18-15-12-9-6-3)67-61(64)55-52-49-46-43-40-37-34-31-28-26-23-20-17-14-11-8-5-2/h12,15-16,19,21,24-25,27,30,32,58H,4-11,13-14,17-18,20,22-23,26,28-29,31,33-57H2,1-3H3/b15-12-,19-16-,24-21-,27-25-,32-30-. The molecule has 0 N–H and O–H groups in total. The summed E-state index contributed by atoms with van der Waals surface area (Å²) in [4.78, 5) is 38.1. The molecular formula is C61H108O6. The summed E-state index contributed by atoms with van der Waals surface area (Å²) in [6.07, 6.45) is 69.2. The number of ether oxygens (including phenoxy) is 3. The topological polar surface area (TPSA) is 78.9 Å². The number of hydrogen-bond donors (Lipinski definition) is 0. The minimum absolute atomic E-state index is 0.0835. The minimum atomic E-state index is -0.784. The van der Waals surface area contributed by atoms with Crippen molar-refractivity contribution < 1.29 is 28.6 Å². The Bertz CT molecular complexity index is 1210. The Morgan fingerprint density at radius 2 is 0.567 bits per heavy atom. The Balaban J connectivity index is 4.38. The van der Waals surface area contributed by atoms with E-state index in [1.165, 1.54) is 148 Å². The van der Waals surface area contributed by atoms with Crippen molar-refractivity contribution in [2.45, 2.75) is 297 Å². The SMILES string of the molecule is CCC/C=C\C/C=C\CCCCCCCC(=O)OCC(COC(=O)CCCCCCCC/C=C\C/C=C\C/C=C\CCCCC)OC(=O)CCCCCCCCCCCCCCCCCCC. The maximum Gasteiger partial charge on any atom is 0.306 e. The average molecular weight is 938 g/mol. The molecule has 0 saturated carbocycles. The second-order valence-electron chi connectivity index (χ2n) is 19.2. The summed E-state index contributed by atoms with van der Waals surface area (Å²) >= 11 is 0. The highest BCUT2D eigenvalue weighted by molar-refractivity contribution is 5.71. The molecule has 6 nitrogen and oxygen atoms in total. The summed E-state index contributed by atoms with van der Waals surface area (Å²) < 4.78 is 16.9. The first kappa shape index (κ1) is 64.1. The van der Waals surface area contributed by atoms with E-state index in [9.17, 15) is 14.4 Å². The highest BCUT2D eigenvalue weighted by Crippen LogP contribution is 2.16. The van der Waals surface area contributed by atoms with Gasteiger partial charge in [0.25, 0.3) is 0 Å². The molecule has 0 amide bonds. The fraction of sp³-hybridized carbons (Fsp3) is 0.787. The Labute approximate surface area is 415 Å². The molecule has 0 bridgehead atoms. The van der Waals surface area contributed by atoms with Crippen LogP contribution in [0, 0.1) is 0 Å². The predicted molar refractivity (Wildman–Crippen MR) is 288 cm³/mol. The first-order chi connectivity index (χ1) is 33.0. The second kappa shape index (κ2) is 55.7. The quantitative estimate of drug-likeness (QED) is 0.0262. The first-order valence-corrected chi connectivity index (χ1v) is 28.8. The van der Waals surface area contributed by atoms with Crippen molar-refractivity contribution in [2.75, 3.05) is 13.2 Å². The number of esters is 3. The zero-order valence-electron chi connectivity index (χ0n) is 44.4. The number of carbonyl (C=O) groups excluding carboxylic acids is 3. The number of carbonyl (C=O) groups is 3. The van der Waals surface area contributed by atoms with Crippen LogP contribution in [0.4, 0.5) is 0 Å². The summed E-state index contributed by atoms with van der Waals surface area (Å²) in [5.74, 6) is -0.897. The molecule has 0 spiro atoms. The first-order valence-electron chi connectivity index (χ1n) is 28.8. The molecular weight excluding hydrogens is 829 g/mol. The molecule has 6 heteroatoms. The minimum Gasteiger partial charge on any atom is -0.462 e. The van der Waals surface area contributed by atoms with Gasteiger partial charge in [-0.25, -0.2) is 0 Å². The van der Waals surface area contributed by atoms with Gasteiger partial charge in [0.2, 0.25) is 0 Å². The molecule has 0 radical (unpaired) electrons. The number of allylic oxidation sites excluding steroid dienone is 10. The van der Waals surface area contributed by atoms with Crippen LogP contribution in [-0.4, -0.2) is 37.2 Å². The summed E-state index contributed by atoms with van der Waals surface area (Å²) in [6.45, 7) is 6.55. The van der Waals surface area contributed by atoms with Gasteiger partial charge in [-0.05, 0) is 83.5 Å². The van der Waals surface area contributed by atoms with Gasteiger partial charge in [0.1, 0.15) is 13.2 Å². The molecule has 0 rings (SSSR count). The lowest BCUT2D eigenvalue weighted by molar-refractivity contribution is -0.167. The third kappa shape index (κ3) is 53.9. The predicted octanol–water partition coefficient (Wildman–Crippen LogP) is 19.2. The van der Waals surface area contributed by atoms with Gasteiger partial charge in [-0.15, -0.1) is 0 Å². The van der Waals surface area contributed by atoms with Crippen LogP contribution in [0.15, 0.2) is 60.8 Å². The van der Waals surface area contributed by atoms with Crippen LogP contribution in [0.5, 0.6) is 0 Å². The molecule has 0 heterocycles. The molecule has 0 aromatic rings. The van der Waals surface area contributed by atoms with Crippen molar-refractivity contribution in [3.8, 4) is 0 Å². The van der Waals surface area contributed by atoms with Crippen LogP contribution in [0.3, 0.4) is 0 Å². The number of unbranched alkanes of at least 4 members (excludes halogenated alkanes) is 31. The van der Waals surface area contributed by atoms with Crippen LogP contribution in [0.2, 0.25) is 0 Å². The molecule has 0 aliphatic rings. The maximum atomic E-state index is 12.9. The normalized spacial score (nSPS) is 12.5. The Hall–Kier alpha value is -2.89. The van der Waals surface area contributed by atoms with E-state index >= 15 is 0 Å². The molecule has 0 aromatic carbocycles. The van der Waals surface area contributed by atoms with Gasteiger partial charge in [-0.3, -0.25) is 14.4 Å². The van der Waals surface area contributed by atoms with Crippen molar-refractivity contribution in [3.63, 3.8) is 0 Å². The van der Waals surface area contributed by atoms with Crippen LogP contribution >= 0.6 is 0 Å². The van der Waals surface area contributed by atoms with E-state index in [1.54, 1.807) is 0 Å². The summed E-state index contributed by atoms with van der Waals surface area (Å²) in [7, 11) is 0. The molecule has 1 atom stereocenters. The number of hydrogen-bond acceptors (Lipinski definition) is 6. The van der Waals surface area contributed by atoms with Gasteiger partial charge in [0, 0.05) is 19.3 Å². The fourth-order valence-electron chi connectivity index (χ4n) is 8.14. The molecule has 0 aliphatic carbocycles. The van der Waals surface area contributed by atoms with Gasteiger partial charge in [0.15, 0.2) is 6.10 Å². The van der Waals surface area contributed by atoms with Gasteiger partial charge >= 0.3 is 17.9 Å². The lowest BCUT2D eigenvalue weighted by atomic mass is 10.0. The van der Waals surface area contributed by atoms with E-state index < -0.39 is 6.10 Å². The third-order valence-corrected chi connectivity index (χ3v) is 12.5. The molecule has 0 saturated heterocycles. The fourth-order valence-corrected chi connectivity index (χ4v) is 8.14. The molecule has 0 aromatic heterocycles. The van der Waals surface area contributed by atoms with Crippen molar-refractivity contribution in [1.29, 1.82) is 0 Å². The maximum absolute atomic E-state index is 12.9. The van der Waals surface area contributed by atoms with Crippen LogP contribution in [0.1, 0.15) is 290 Å². The summed E-state index contributed by atoms with van der Waals surface area (Å²) in [5.41, 5.74) is 0. The van der Waals surface area contributed by atoms with Crippen LogP contribution < -0.4 is 0 Å². The summed E-state index contributed by atoms with van der Waals surface area (Å²) in [5, 5.41) is 0. The van der Waals surface area contributed by atoms with Crippen molar-refractivity contribution in [3.05, 3.63) is 60.8 Å². The Morgan fingerprint density at radius 1 is 0.299 bits per heavy atom. The molecule has 388 valence electrons. The van der Waals surface area contributed by atoms with E-state index in [2.05, 4.69) is 81.5 Å². The smallest absolute Gasteiger partial charge is 0.306 e. The van der Waals surface area contributed by atoms with E-state index in [0.29, 0.717) is 19.3 Å². The monoisotopic (exact) mass is 937 g/mol. The van der Waals surface area contributed by atoms with Crippen molar-refractivity contribution in [2.24, 2.45) is 0 Å². The van der Waals surface area contributed by atoms with E-state index in [0.717, 1.165) is 103 Å². The van der Waals surface area contributed by atoms with Gasteiger partial charge < -0.3 is 14.2 Å². The second-order valence-corrected chi connectivity index (χ2v) is 19.2. The van der Waals surface area contributed by atoms with Crippen LogP contribution in [0.25, 0.3) is 0 Å². The van der Waals surface area contributed by atoms with Gasteiger partial charge in [-0.1, -0.05) is 248 Å². The lowest BCUT2D eigenvalue weighted by Gasteiger charge is -2.18. The van der Waals surface area contributed by atoms with E-state index in [1.807, 2.05) is 0 Å². The van der Waals surface area contributed by atoms with E-state index in [-0.39, 0.29) is 31.1 Å². The Morgan fingerprint density at radius 3 is 0.925 bits per heavy atom. The van der Waals surface area contributed by atoms with Crippen molar-refractivity contribution in [1.82, 2.24) is 0 Å². The van der Waals surface area contributed by atoms with Gasteiger partial charge in [0.05, 0.1) is 0 Å². The number of rotatable bonds is 52. The molecule has 1 unspecified atom stereocenters. The third-order valence-electron chi connectivity index (χ3n) is 12.5. The molecule has 0 aliphatic heterocycles. The average Bonchev–Trinajstić information content (AvgIpc) is 3.33. The molecule has 0 fully saturated rings.